The Bertz CT molecular complexity index is 486. The Kier molecular flexibility index (Phi) is 3.13. The van der Waals surface area contributed by atoms with Crippen LogP contribution >= 0.6 is 0 Å². The van der Waals surface area contributed by atoms with Gasteiger partial charge < -0.3 is 0 Å². The largest absolute Gasteiger partial charge is 0.332 e. The van der Waals surface area contributed by atoms with Crippen LogP contribution in [0, 0.1) is 0 Å². The van der Waals surface area contributed by atoms with Crippen LogP contribution in [0.25, 0.3) is 5.83 Å². The molecule has 15 heavy (non-hydrogen) atoms. The normalized spacial score (nSPS) is 11.2. The van der Waals surface area contributed by atoms with Crippen molar-refractivity contribution in [1.82, 2.24) is 0 Å². The van der Waals surface area contributed by atoms with Crippen molar-refractivity contribution in [2.75, 3.05) is 0 Å². The smallest absolute Gasteiger partial charge is 0.200 e. The highest BCUT2D eigenvalue weighted by Gasteiger charge is 2.13. The molecule has 2 nitrogen and oxygen atoms in total. The minimum Gasteiger partial charge on any atom is -0.200 e. The van der Waals surface area contributed by atoms with E-state index in [0.29, 0.717) is 12.1 Å². The van der Waals surface area contributed by atoms with Crippen LogP contribution in [0.1, 0.15) is 5.56 Å². The Hall–Kier alpha value is -1.37. The van der Waals surface area contributed by atoms with Gasteiger partial charge in [0.2, 0.25) is 0 Å². The third-order valence-electron chi connectivity index (χ3n) is 1.56. The monoisotopic (exact) mass is 240 g/mol. The molecule has 0 amide bonds. The van der Waals surface area contributed by atoms with Gasteiger partial charge in [-0.05, 0) is 12.1 Å². The summed E-state index contributed by atoms with van der Waals surface area (Å²) in [6.07, 6.45) is -2.52. The van der Waals surface area contributed by atoms with E-state index >= 15 is 0 Å². The van der Waals surface area contributed by atoms with Crippen LogP contribution in [0.2, 0.25) is 0 Å². The molecular formula is C8H4F4O2S. The van der Waals surface area contributed by atoms with Crippen molar-refractivity contribution >= 4 is 16.1 Å². The summed E-state index contributed by atoms with van der Waals surface area (Å²) in [6.45, 7) is 0. The molecule has 0 aliphatic heterocycles. The molecule has 0 saturated carbocycles. The van der Waals surface area contributed by atoms with Crippen LogP contribution in [-0.4, -0.2) is 8.42 Å². The second kappa shape index (κ2) is 4.01. The zero-order valence-corrected chi connectivity index (χ0v) is 7.86. The number of hydrogen-bond donors (Lipinski definition) is 0. The van der Waals surface area contributed by atoms with Crippen molar-refractivity contribution < 1.29 is 25.5 Å². The van der Waals surface area contributed by atoms with Gasteiger partial charge in [-0.1, -0.05) is 12.1 Å². The van der Waals surface area contributed by atoms with E-state index < -0.39 is 32.6 Å². The predicted molar refractivity (Wildman–Crippen MR) is 45.0 cm³/mol. The summed E-state index contributed by atoms with van der Waals surface area (Å²) in [5.74, 6) is -1.77. The van der Waals surface area contributed by atoms with Gasteiger partial charge in [0.05, 0.1) is 4.90 Å². The van der Waals surface area contributed by atoms with E-state index in [0.717, 1.165) is 12.1 Å². The highest BCUT2D eigenvalue weighted by molar-refractivity contribution is 7.86. The summed E-state index contributed by atoms with van der Waals surface area (Å²) in [6, 6.07) is 2.91. The molecule has 0 aliphatic carbocycles. The first kappa shape index (κ1) is 11.7. The Morgan fingerprint density at radius 1 is 1.00 bits per heavy atom. The van der Waals surface area contributed by atoms with Crippen molar-refractivity contribution in [2.45, 2.75) is 4.90 Å². The lowest BCUT2D eigenvalue weighted by molar-refractivity contribution is 0.410. The summed E-state index contributed by atoms with van der Waals surface area (Å²) < 4.78 is 69.1. The van der Waals surface area contributed by atoms with Crippen molar-refractivity contribution in [3.63, 3.8) is 0 Å². The lowest BCUT2D eigenvalue weighted by Gasteiger charge is -1.98. The highest BCUT2D eigenvalue weighted by atomic mass is 32.3. The third-order valence-corrected chi connectivity index (χ3v) is 2.39. The lowest BCUT2D eigenvalue weighted by atomic mass is 10.2. The van der Waals surface area contributed by atoms with Crippen LogP contribution in [0.5, 0.6) is 0 Å². The average Bonchev–Trinajstić information content (AvgIpc) is 2.15. The minimum atomic E-state index is -4.89. The summed E-state index contributed by atoms with van der Waals surface area (Å²) in [5, 5.41) is 0. The number of halogens is 4. The second-order valence-electron chi connectivity index (χ2n) is 2.54. The van der Waals surface area contributed by atoms with E-state index in [4.69, 9.17) is 0 Å². The van der Waals surface area contributed by atoms with Crippen molar-refractivity contribution in [1.29, 1.82) is 0 Å². The first-order chi connectivity index (χ1) is 6.82. The minimum absolute atomic E-state index is 0.512. The van der Waals surface area contributed by atoms with E-state index in [1.165, 1.54) is 0 Å². The second-order valence-corrected chi connectivity index (χ2v) is 3.88. The molecule has 0 aromatic heterocycles. The van der Waals surface area contributed by atoms with Crippen molar-refractivity contribution in [3.05, 3.63) is 35.9 Å². The molecule has 0 atom stereocenters. The molecule has 0 fully saturated rings. The third kappa shape index (κ3) is 2.79. The van der Waals surface area contributed by atoms with Gasteiger partial charge in [0, 0.05) is 5.56 Å². The first-order valence-electron chi connectivity index (χ1n) is 3.58. The van der Waals surface area contributed by atoms with E-state index in [9.17, 15) is 25.5 Å². The van der Waals surface area contributed by atoms with Crippen molar-refractivity contribution in [2.24, 2.45) is 0 Å². The summed E-state index contributed by atoms with van der Waals surface area (Å²) in [5.41, 5.74) is -0.512. The fraction of sp³-hybridized carbons (Fsp3) is 0. The van der Waals surface area contributed by atoms with Crippen LogP contribution in [0.3, 0.4) is 0 Å². The molecule has 7 heteroatoms. The standard InChI is InChI=1S/C8H4F4O2S/c9-7(8(10)11)5-1-3-6(4-2-5)15(12,13)14/h1-4H. The van der Waals surface area contributed by atoms with Crippen LogP contribution in [0.4, 0.5) is 17.1 Å². The lowest BCUT2D eigenvalue weighted by Crippen LogP contribution is -1.91. The van der Waals surface area contributed by atoms with Crippen LogP contribution in [0.15, 0.2) is 35.2 Å². The molecule has 0 radical (unpaired) electrons. The van der Waals surface area contributed by atoms with E-state index in [1.807, 2.05) is 0 Å². The molecule has 0 spiro atoms. The maximum Gasteiger partial charge on any atom is 0.332 e. The predicted octanol–water partition coefficient (Wildman–Crippen LogP) is 2.88. The summed E-state index contributed by atoms with van der Waals surface area (Å²) in [7, 11) is -4.89. The Morgan fingerprint density at radius 2 is 1.47 bits per heavy atom. The molecule has 0 N–H and O–H groups in total. The van der Waals surface area contributed by atoms with Gasteiger partial charge in [0.15, 0.2) is 5.83 Å². The summed E-state index contributed by atoms with van der Waals surface area (Å²) >= 11 is 0. The summed E-state index contributed by atoms with van der Waals surface area (Å²) in [4.78, 5) is -0.710. The molecule has 0 heterocycles. The van der Waals surface area contributed by atoms with E-state index in [2.05, 4.69) is 0 Å². The Labute approximate surface area is 83.1 Å². The average molecular weight is 240 g/mol. The molecule has 1 rings (SSSR count). The fourth-order valence-electron chi connectivity index (χ4n) is 0.873. The number of rotatable bonds is 2. The molecule has 0 saturated heterocycles. The fourth-order valence-corrected chi connectivity index (χ4v) is 1.33. The molecule has 1 aromatic rings. The molecule has 0 unspecified atom stereocenters. The highest BCUT2D eigenvalue weighted by Crippen LogP contribution is 2.23. The van der Waals surface area contributed by atoms with Gasteiger partial charge in [-0.15, -0.1) is 3.89 Å². The van der Waals surface area contributed by atoms with Gasteiger partial charge in [-0.2, -0.15) is 17.2 Å². The molecule has 82 valence electrons. The van der Waals surface area contributed by atoms with Crippen LogP contribution < -0.4 is 0 Å². The zero-order chi connectivity index (χ0) is 11.6. The maximum absolute atomic E-state index is 12.6. The van der Waals surface area contributed by atoms with Crippen LogP contribution in [-0.2, 0) is 10.2 Å². The molecular weight excluding hydrogens is 236 g/mol. The van der Waals surface area contributed by atoms with Gasteiger partial charge in [0.1, 0.15) is 0 Å². The molecule has 0 bridgehead atoms. The van der Waals surface area contributed by atoms with Gasteiger partial charge >= 0.3 is 16.3 Å². The quantitative estimate of drug-likeness (QED) is 0.588. The Morgan fingerprint density at radius 3 is 1.80 bits per heavy atom. The van der Waals surface area contributed by atoms with Gasteiger partial charge in [-0.25, -0.2) is 4.39 Å². The number of benzene rings is 1. The SMILES string of the molecule is O=S(=O)(F)c1ccc(C(F)=C(F)F)cc1. The topological polar surface area (TPSA) is 34.1 Å². The van der Waals surface area contributed by atoms with Crippen molar-refractivity contribution in [3.8, 4) is 0 Å². The number of hydrogen-bond acceptors (Lipinski definition) is 2. The Balaban J connectivity index is 3.18. The molecule has 1 aromatic carbocycles. The van der Waals surface area contributed by atoms with Gasteiger partial charge in [0.25, 0.3) is 0 Å². The van der Waals surface area contributed by atoms with Gasteiger partial charge in [-0.3, -0.25) is 0 Å². The van der Waals surface area contributed by atoms with E-state index in [-0.39, 0.29) is 0 Å². The first-order valence-corrected chi connectivity index (χ1v) is 4.96. The maximum atomic E-state index is 12.6. The molecule has 0 aliphatic rings. The van der Waals surface area contributed by atoms with E-state index in [1.54, 1.807) is 0 Å². The zero-order valence-electron chi connectivity index (χ0n) is 7.05.